The van der Waals surface area contributed by atoms with Crippen molar-refractivity contribution in [2.75, 3.05) is 19.6 Å². The smallest absolute Gasteiger partial charge is 0.0945 e. The van der Waals surface area contributed by atoms with Gasteiger partial charge in [0, 0.05) is 18.9 Å². The van der Waals surface area contributed by atoms with Crippen LogP contribution in [-0.4, -0.2) is 34.1 Å². The van der Waals surface area contributed by atoms with Gasteiger partial charge in [-0.15, -0.1) is 0 Å². The lowest BCUT2D eigenvalue weighted by molar-refractivity contribution is 0.174. The third kappa shape index (κ3) is 5.21. The number of benzene rings is 1. The molecule has 0 amide bonds. The minimum atomic E-state index is 0.894. The molecule has 0 saturated carbocycles. The van der Waals surface area contributed by atoms with E-state index in [9.17, 15) is 0 Å². The van der Waals surface area contributed by atoms with Gasteiger partial charge in [-0.2, -0.15) is 0 Å². The van der Waals surface area contributed by atoms with Gasteiger partial charge in [0.15, 0.2) is 0 Å². The molecule has 2 heterocycles. The number of likely N-dealkylation sites (tertiary alicyclic amines) is 1. The summed E-state index contributed by atoms with van der Waals surface area (Å²) < 4.78 is 2.20. The van der Waals surface area contributed by atoms with Crippen LogP contribution in [-0.2, 0) is 13.0 Å². The largest absolute Gasteiger partial charge is 0.337 e. The van der Waals surface area contributed by atoms with Crippen LogP contribution in [0.15, 0.2) is 43.0 Å². The molecule has 0 atom stereocenters. The van der Waals surface area contributed by atoms with Crippen LogP contribution in [0.1, 0.15) is 36.8 Å². The van der Waals surface area contributed by atoms with Gasteiger partial charge in [0.1, 0.15) is 0 Å². The Balaban J connectivity index is 1.30. The van der Waals surface area contributed by atoms with Gasteiger partial charge in [-0.1, -0.05) is 29.8 Å². The molecular formula is C20H29N3. The molecule has 3 heteroatoms. The zero-order valence-corrected chi connectivity index (χ0v) is 14.3. The molecule has 1 saturated heterocycles. The summed E-state index contributed by atoms with van der Waals surface area (Å²) in [5.74, 6) is 0.894. The quantitative estimate of drug-likeness (QED) is 0.772. The van der Waals surface area contributed by atoms with Gasteiger partial charge in [-0.25, -0.2) is 4.98 Å². The van der Waals surface area contributed by atoms with Crippen LogP contribution >= 0.6 is 0 Å². The first-order valence-electron chi connectivity index (χ1n) is 9.03. The summed E-state index contributed by atoms with van der Waals surface area (Å²) >= 11 is 0. The van der Waals surface area contributed by atoms with Crippen LogP contribution < -0.4 is 0 Å². The number of hydrogen-bond donors (Lipinski definition) is 0. The van der Waals surface area contributed by atoms with Crippen molar-refractivity contribution in [3.63, 3.8) is 0 Å². The highest BCUT2D eigenvalue weighted by molar-refractivity contribution is 5.21. The van der Waals surface area contributed by atoms with E-state index in [0.29, 0.717) is 0 Å². The molecule has 0 bridgehead atoms. The molecule has 0 radical (unpaired) electrons. The van der Waals surface area contributed by atoms with Crippen molar-refractivity contribution in [1.82, 2.24) is 14.5 Å². The first-order valence-corrected chi connectivity index (χ1v) is 9.03. The van der Waals surface area contributed by atoms with Gasteiger partial charge in [-0.05, 0) is 70.1 Å². The second-order valence-corrected chi connectivity index (χ2v) is 6.96. The Labute approximate surface area is 140 Å². The summed E-state index contributed by atoms with van der Waals surface area (Å²) in [6, 6.07) is 9.00. The lowest BCUT2D eigenvalue weighted by Gasteiger charge is -2.32. The molecule has 0 aliphatic carbocycles. The maximum atomic E-state index is 4.12. The average molecular weight is 311 g/mol. The van der Waals surface area contributed by atoms with Crippen molar-refractivity contribution >= 4 is 0 Å². The number of aromatic nitrogens is 2. The summed E-state index contributed by atoms with van der Waals surface area (Å²) in [6.45, 7) is 7.09. The third-order valence-electron chi connectivity index (χ3n) is 5.12. The number of nitrogens with zero attached hydrogens (tertiary/aromatic N) is 3. The Morgan fingerprint density at radius 2 is 1.87 bits per heavy atom. The summed E-state index contributed by atoms with van der Waals surface area (Å²) in [5, 5.41) is 0. The van der Waals surface area contributed by atoms with Crippen molar-refractivity contribution in [3.8, 4) is 0 Å². The second kappa shape index (κ2) is 8.30. The van der Waals surface area contributed by atoms with Gasteiger partial charge in [0.25, 0.3) is 0 Å². The van der Waals surface area contributed by atoms with Gasteiger partial charge in [0.05, 0.1) is 6.33 Å². The highest BCUT2D eigenvalue weighted by Crippen LogP contribution is 2.21. The van der Waals surface area contributed by atoms with Crippen molar-refractivity contribution < 1.29 is 0 Å². The normalized spacial score (nSPS) is 16.7. The molecule has 1 aliphatic rings. The summed E-state index contributed by atoms with van der Waals surface area (Å²) in [7, 11) is 0. The van der Waals surface area contributed by atoms with E-state index in [-0.39, 0.29) is 0 Å². The molecule has 1 aromatic heterocycles. The zero-order valence-electron chi connectivity index (χ0n) is 14.3. The number of imidazole rings is 1. The van der Waals surface area contributed by atoms with Gasteiger partial charge in [0.2, 0.25) is 0 Å². The molecule has 2 aromatic rings. The monoisotopic (exact) mass is 311 g/mol. The lowest BCUT2D eigenvalue weighted by atomic mass is 9.93. The SMILES string of the molecule is Cc1ccc(CCCN2CCC(CCn3ccnc3)CC2)cc1. The Kier molecular flexibility index (Phi) is 5.87. The predicted octanol–water partition coefficient (Wildman–Crippen LogP) is 3.93. The van der Waals surface area contributed by atoms with E-state index in [0.717, 1.165) is 12.5 Å². The highest BCUT2D eigenvalue weighted by atomic mass is 15.1. The second-order valence-electron chi connectivity index (χ2n) is 6.96. The average Bonchev–Trinajstić information content (AvgIpc) is 3.09. The van der Waals surface area contributed by atoms with Crippen LogP contribution in [0.25, 0.3) is 0 Å². The van der Waals surface area contributed by atoms with E-state index >= 15 is 0 Å². The van der Waals surface area contributed by atoms with E-state index in [1.807, 2.05) is 12.5 Å². The standard InChI is InChI=1S/C20H29N3/c1-18-4-6-19(7-5-18)3-2-12-22-13-8-20(9-14-22)10-15-23-16-11-21-17-23/h4-7,11,16-17,20H,2-3,8-10,12-15H2,1H3. The Morgan fingerprint density at radius 1 is 1.09 bits per heavy atom. The first-order chi connectivity index (χ1) is 11.3. The van der Waals surface area contributed by atoms with Crippen LogP contribution in [0, 0.1) is 12.8 Å². The van der Waals surface area contributed by atoms with E-state index in [1.165, 1.54) is 62.9 Å². The Bertz CT molecular complexity index is 551. The molecule has 124 valence electrons. The maximum absolute atomic E-state index is 4.12. The molecule has 23 heavy (non-hydrogen) atoms. The molecule has 1 aliphatic heterocycles. The van der Waals surface area contributed by atoms with E-state index in [2.05, 4.69) is 51.8 Å². The summed E-state index contributed by atoms with van der Waals surface area (Å²) in [4.78, 5) is 6.77. The topological polar surface area (TPSA) is 21.1 Å². The number of hydrogen-bond acceptors (Lipinski definition) is 2. The first kappa shape index (κ1) is 16.3. The van der Waals surface area contributed by atoms with Crippen LogP contribution in [0.2, 0.25) is 0 Å². The predicted molar refractivity (Wildman–Crippen MR) is 95.5 cm³/mol. The molecule has 1 fully saturated rings. The molecular weight excluding hydrogens is 282 g/mol. The van der Waals surface area contributed by atoms with E-state index < -0.39 is 0 Å². The Hall–Kier alpha value is -1.61. The molecule has 3 rings (SSSR count). The van der Waals surface area contributed by atoms with Crippen molar-refractivity contribution in [3.05, 3.63) is 54.1 Å². The molecule has 0 spiro atoms. The van der Waals surface area contributed by atoms with Gasteiger partial charge in [-0.3, -0.25) is 0 Å². The van der Waals surface area contributed by atoms with Crippen molar-refractivity contribution in [2.24, 2.45) is 5.92 Å². The van der Waals surface area contributed by atoms with E-state index in [1.54, 1.807) is 0 Å². The zero-order chi connectivity index (χ0) is 15.9. The lowest BCUT2D eigenvalue weighted by Crippen LogP contribution is -2.34. The molecule has 3 nitrogen and oxygen atoms in total. The fraction of sp³-hybridized carbons (Fsp3) is 0.550. The molecule has 0 unspecified atom stereocenters. The molecule has 1 aromatic carbocycles. The number of piperidine rings is 1. The maximum Gasteiger partial charge on any atom is 0.0945 e. The summed E-state index contributed by atoms with van der Waals surface area (Å²) in [5.41, 5.74) is 2.83. The van der Waals surface area contributed by atoms with Crippen LogP contribution in [0.5, 0.6) is 0 Å². The molecule has 0 N–H and O–H groups in total. The number of rotatable bonds is 7. The van der Waals surface area contributed by atoms with Gasteiger partial charge < -0.3 is 9.47 Å². The fourth-order valence-electron chi connectivity index (χ4n) is 3.51. The highest BCUT2D eigenvalue weighted by Gasteiger charge is 2.18. The van der Waals surface area contributed by atoms with Crippen molar-refractivity contribution in [1.29, 1.82) is 0 Å². The van der Waals surface area contributed by atoms with Crippen LogP contribution in [0.3, 0.4) is 0 Å². The Morgan fingerprint density at radius 3 is 2.57 bits per heavy atom. The van der Waals surface area contributed by atoms with Crippen molar-refractivity contribution in [2.45, 2.75) is 45.6 Å². The fourth-order valence-corrected chi connectivity index (χ4v) is 3.51. The third-order valence-corrected chi connectivity index (χ3v) is 5.12. The number of aryl methyl sites for hydroxylation is 3. The minimum absolute atomic E-state index is 0.894. The van der Waals surface area contributed by atoms with E-state index in [4.69, 9.17) is 0 Å². The minimum Gasteiger partial charge on any atom is -0.337 e. The van der Waals surface area contributed by atoms with Crippen LogP contribution in [0.4, 0.5) is 0 Å². The van der Waals surface area contributed by atoms with Gasteiger partial charge >= 0.3 is 0 Å². The summed E-state index contributed by atoms with van der Waals surface area (Å²) in [6.07, 6.45) is 12.4.